The van der Waals surface area contributed by atoms with Crippen molar-refractivity contribution in [3.05, 3.63) is 24.3 Å². The summed E-state index contributed by atoms with van der Waals surface area (Å²) in [5, 5.41) is 2.92. The summed E-state index contributed by atoms with van der Waals surface area (Å²) in [6.45, 7) is 4.26. The standard InChI is InChI=1S/C18H24N2O4/c1-2-23-15-7-5-14(6-8-15)20-12-13(10-17(20)21)18(22)19-11-16-4-3-9-24-16/h5-8,13,16H,2-4,9-12H2,1H3,(H,19,22)/t13-,16-/m0/s1. The molecule has 6 nitrogen and oxygen atoms in total. The molecule has 0 saturated carbocycles. The Hall–Kier alpha value is -2.08. The van der Waals surface area contributed by atoms with E-state index in [2.05, 4.69) is 5.32 Å². The Balaban J connectivity index is 1.55. The molecule has 0 bridgehead atoms. The molecular weight excluding hydrogens is 308 g/mol. The monoisotopic (exact) mass is 332 g/mol. The molecule has 1 aromatic carbocycles. The van der Waals surface area contributed by atoms with Gasteiger partial charge < -0.3 is 19.7 Å². The van der Waals surface area contributed by atoms with Crippen LogP contribution in [0.3, 0.4) is 0 Å². The Morgan fingerprint density at radius 1 is 1.38 bits per heavy atom. The van der Waals surface area contributed by atoms with E-state index in [9.17, 15) is 9.59 Å². The first-order valence-electron chi connectivity index (χ1n) is 8.60. The Labute approximate surface area is 142 Å². The minimum absolute atomic E-state index is 0.0172. The van der Waals surface area contributed by atoms with E-state index in [-0.39, 0.29) is 30.3 Å². The molecule has 130 valence electrons. The minimum Gasteiger partial charge on any atom is -0.494 e. The summed E-state index contributed by atoms with van der Waals surface area (Å²) in [6, 6.07) is 7.40. The average molecular weight is 332 g/mol. The summed E-state index contributed by atoms with van der Waals surface area (Å²) < 4.78 is 10.9. The third-order valence-electron chi connectivity index (χ3n) is 4.48. The quantitative estimate of drug-likeness (QED) is 0.861. The Bertz CT molecular complexity index is 581. The SMILES string of the molecule is CCOc1ccc(N2C[C@@H](C(=O)NC[C@@H]3CCCO3)CC2=O)cc1. The smallest absolute Gasteiger partial charge is 0.227 e. The Morgan fingerprint density at radius 3 is 2.83 bits per heavy atom. The van der Waals surface area contributed by atoms with E-state index in [1.54, 1.807) is 4.90 Å². The molecule has 0 unspecified atom stereocenters. The summed E-state index contributed by atoms with van der Waals surface area (Å²) in [4.78, 5) is 26.2. The van der Waals surface area contributed by atoms with Gasteiger partial charge in [-0.15, -0.1) is 0 Å². The highest BCUT2D eigenvalue weighted by molar-refractivity contribution is 6.00. The highest BCUT2D eigenvalue weighted by Crippen LogP contribution is 2.27. The van der Waals surface area contributed by atoms with Crippen LogP contribution in [0.15, 0.2) is 24.3 Å². The van der Waals surface area contributed by atoms with Gasteiger partial charge in [-0.1, -0.05) is 0 Å². The zero-order valence-electron chi connectivity index (χ0n) is 14.0. The van der Waals surface area contributed by atoms with E-state index in [1.165, 1.54) is 0 Å². The molecule has 3 rings (SSSR count). The van der Waals surface area contributed by atoms with Gasteiger partial charge in [0.15, 0.2) is 0 Å². The first-order valence-corrected chi connectivity index (χ1v) is 8.60. The second-order valence-electron chi connectivity index (χ2n) is 6.21. The van der Waals surface area contributed by atoms with Crippen molar-refractivity contribution in [3.63, 3.8) is 0 Å². The number of hydrogen-bond donors (Lipinski definition) is 1. The maximum absolute atomic E-state index is 12.3. The van der Waals surface area contributed by atoms with E-state index in [4.69, 9.17) is 9.47 Å². The molecule has 1 aromatic rings. The lowest BCUT2D eigenvalue weighted by Gasteiger charge is -2.17. The lowest BCUT2D eigenvalue weighted by Crippen LogP contribution is -2.37. The summed E-state index contributed by atoms with van der Waals surface area (Å²) >= 11 is 0. The van der Waals surface area contributed by atoms with Crippen LogP contribution < -0.4 is 15.0 Å². The van der Waals surface area contributed by atoms with Gasteiger partial charge >= 0.3 is 0 Å². The van der Waals surface area contributed by atoms with Gasteiger partial charge in [-0.3, -0.25) is 9.59 Å². The number of hydrogen-bond acceptors (Lipinski definition) is 4. The molecule has 0 aliphatic carbocycles. The second kappa shape index (κ2) is 7.66. The number of nitrogens with one attached hydrogen (secondary N) is 1. The highest BCUT2D eigenvalue weighted by atomic mass is 16.5. The molecule has 2 atom stereocenters. The number of carbonyl (C=O) groups excluding carboxylic acids is 2. The molecule has 2 heterocycles. The third kappa shape index (κ3) is 3.87. The van der Waals surface area contributed by atoms with E-state index in [0.717, 1.165) is 30.9 Å². The molecule has 2 aliphatic rings. The maximum atomic E-state index is 12.3. The number of amides is 2. The van der Waals surface area contributed by atoms with Gasteiger partial charge in [0, 0.05) is 31.8 Å². The molecule has 0 spiro atoms. The first kappa shape index (κ1) is 16.8. The van der Waals surface area contributed by atoms with Gasteiger partial charge in [0.25, 0.3) is 0 Å². The molecule has 2 saturated heterocycles. The second-order valence-corrected chi connectivity index (χ2v) is 6.21. The van der Waals surface area contributed by atoms with Gasteiger partial charge in [-0.2, -0.15) is 0 Å². The lowest BCUT2D eigenvalue weighted by molar-refractivity contribution is -0.126. The zero-order valence-corrected chi connectivity index (χ0v) is 14.0. The summed E-state index contributed by atoms with van der Waals surface area (Å²) in [6.07, 6.45) is 2.41. The van der Waals surface area contributed by atoms with Crippen molar-refractivity contribution >= 4 is 17.5 Å². The highest BCUT2D eigenvalue weighted by Gasteiger charge is 2.35. The third-order valence-corrected chi connectivity index (χ3v) is 4.48. The van der Waals surface area contributed by atoms with Crippen molar-refractivity contribution in [2.24, 2.45) is 5.92 Å². The van der Waals surface area contributed by atoms with Crippen LogP contribution in [0, 0.1) is 5.92 Å². The molecule has 2 fully saturated rings. The fraction of sp³-hybridized carbons (Fsp3) is 0.556. The number of rotatable bonds is 6. The van der Waals surface area contributed by atoms with E-state index in [0.29, 0.717) is 19.7 Å². The summed E-state index contributed by atoms with van der Waals surface area (Å²) in [5.74, 6) is 0.396. The molecule has 6 heteroatoms. The number of carbonyl (C=O) groups is 2. The average Bonchev–Trinajstić information content (AvgIpc) is 3.23. The van der Waals surface area contributed by atoms with Crippen molar-refractivity contribution in [2.45, 2.75) is 32.3 Å². The molecule has 2 aliphatic heterocycles. The Morgan fingerprint density at radius 2 is 2.17 bits per heavy atom. The molecule has 0 radical (unpaired) electrons. The summed E-state index contributed by atoms with van der Waals surface area (Å²) in [7, 11) is 0. The van der Waals surface area contributed by atoms with E-state index >= 15 is 0 Å². The van der Waals surface area contributed by atoms with Crippen molar-refractivity contribution in [2.75, 3.05) is 31.2 Å². The van der Waals surface area contributed by atoms with Crippen molar-refractivity contribution in [1.29, 1.82) is 0 Å². The molecule has 0 aromatic heterocycles. The van der Waals surface area contributed by atoms with Crippen LogP contribution >= 0.6 is 0 Å². The van der Waals surface area contributed by atoms with Crippen LogP contribution in [0.5, 0.6) is 5.75 Å². The molecule has 24 heavy (non-hydrogen) atoms. The topological polar surface area (TPSA) is 67.9 Å². The van der Waals surface area contributed by atoms with Gasteiger partial charge in [0.2, 0.25) is 11.8 Å². The van der Waals surface area contributed by atoms with Crippen LogP contribution in [0.2, 0.25) is 0 Å². The van der Waals surface area contributed by atoms with Crippen LogP contribution in [0.1, 0.15) is 26.2 Å². The van der Waals surface area contributed by atoms with Crippen LogP contribution in [0.4, 0.5) is 5.69 Å². The number of nitrogens with zero attached hydrogens (tertiary/aromatic N) is 1. The molecule has 1 N–H and O–H groups in total. The normalized spacial score (nSPS) is 23.5. The van der Waals surface area contributed by atoms with Crippen LogP contribution in [-0.2, 0) is 14.3 Å². The number of ether oxygens (including phenoxy) is 2. The van der Waals surface area contributed by atoms with Gasteiger partial charge in [0.05, 0.1) is 18.6 Å². The predicted molar refractivity (Wildman–Crippen MR) is 90.1 cm³/mol. The zero-order chi connectivity index (χ0) is 16.9. The van der Waals surface area contributed by atoms with Crippen molar-refractivity contribution in [3.8, 4) is 5.75 Å². The van der Waals surface area contributed by atoms with E-state index in [1.807, 2.05) is 31.2 Å². The minimum atomic E-state index is -0.300. The lowest BCUT2D eigenvalue weighted by atomic mass is 10.1. The van der Waals surface area contributed by atoms with E-state index < -0.39 is 0 Å². The van der Waals surface area contributed by atoms with Crippen LogP contribution in [0.25, 0.3) is 0 Å². The fourth-order valence-corrected chi connectivity index (χ4v) is 3.19. The van der Waals surface area contributed by atoms with Gasteiger partial charge in [-0.05, 0) is 44.0 Å². The molecular formula is C18H24N2O4. The van der Waals surface area contributed by atoms with Crippen LogP contribution in [-0.4, -0.2) is 44.2 Å². The number of benzene rings is 1. The Kier molecular flexibility index (Phi) is 5.35. The summed E-state index contributed by atoms with van der Waals surface area (Å²) in [5.41, 5.74) is 0.804. The fourth-order valence-electron chi connectivity index (χ4n) is 3.19. The van der Waals surface area contributed by atoms with Gasteiger partial charge in [-0.25, -0.2) is 0 Å². The largest absolute Gasteiger partial charge is 0.494 e. The predicted octanol–water partition coefficient (Wildman–Crippen LogP) is 1.73. The first-order chi connectivity index (χ1) is 11.7. The molecule has 2 amide bonds. The number of anilines is 1. The van der Waals surface area contributed by atoms with Crippen molar-refractivity contribution in [1.82, 2.24) is 5.32 Å². The van der Waals surface area contributed by atoms with Gasteiger partial charge in [0.1, 0.15) is 5.75 Å². The van der Waals surface area contributed by atoms with Crippen molar-refractivity contribution < 1.29 is 19.1 Å². The maximum Gasteiger partial charge on any atom is 0.227 e.